The van der Waals surface area contributed by atoms with E-state index in [-0.39, 0.29) is 0 Å². The van der Waals surface area contributed by atoms with Gasteiger partial charge >= 0.3 is 0 Å². The first-order chi connectivity index (χ1) is 13.4. The van der Waals surface area contributed by atoms with Gasteiger partial charge in [0.05, 0.1) is 33.6 Å². The second-order valence-electron chi connectivity index (χ2n) is 5.50. The molecule has 0 aliphatic rings. The van der Waals surface area contributed by atoms with Gasteiger partial charge < -0.3 is 4.74 Å². The van der Waals surface area contributed by atoms with Crippen LogP contribution in [0, 0.1) is 0 Å². The Morgan fingerprint density at radius 3 is 1.70 bits per heavy atom. The highest BCUT2D eigenvalue weighted by molar-refractivity contribution is 7.99. The van der Waals surface area contributed by atoms with Crippen LogP contribution in [0.1, 0.15) is 0 Å². The average Bonchev–Trinajstić information content (AvgIpc) is 3.29. The monoisotopic (exact) mass is 434 g/mol. The van der Waals surface area contributed by atoms with E-state index in [9.17, 15) is 0 Å². The molecule has 4 rings (SSSR count). The summed E-state index contributed by atoms with van der Waals surface area (Å²) in [7, 11) is 0. The molecule has 140 valence electrons. The zero-order valence-corrected chi connectivity index (χ0v) is 17.6. The van der Waals surface area contributed by atoms with Crippen molar-refractivity contribution in [2.45, 2.75) is 8.68 Å². The number of aromatic nitrogens is 2. The van der Waals surface area contributed by atoms with E-state index in [0.29, 0.717) is 13.2 Å². The van der Waals surface area contributed by atoms with Crippen molar-refractivity contribution >= 4 is 67.0 Å². The summed E-state index contributed by atoms with van der Waals surface area (Å²) < 4.78 is 16.7. The third-order valence-electron chi connectivity index (χ3n) is 3.56. The lowest BCUT2D eigenvalue weighted by molar-refractivity contribution is 0.145. The number of thiazole rings is 2. The summed E-state index contributed by atoms with van der Waals surface area (Å²) in [5.41, 5.74) is 2.11. The number of nitrogens with zero attached hydrogens (tertiary/aromatic N) is 2. The van der Waals surface area contributed by atoms with Crippen LogP contribution in [0.25, 0.3) is 20.4 Å². The van der Waals surface area contributed by atoms with Crippen LogP contribution in [-0.2, 0) is 4.74 Å². The summed E-state index contributed by atoms with van der Waals surface area (Å²) in [5, 5.41) is 0. The van der Waals surface area contributed by atoms with Crippen molar-refractivity contribution in [2.24, 2.45) is 0 Å². The van der Waals surface area contributed by atoms with E-state index in [1.54, 1.807) is 46.6 Å². The van der Waals surface area contributed by atoms with Crippen molar-refractivity contribution in [1.29, 1.82) is 0 Å². The van der Waals surface area contributed by atoms with Crippen molar-refractivity contribution in [1.82, 2.24) is 19.4 Å². The third-order valence-corrected chi connectivity index (χ3v) is 7.46. The molecule has 0 spiro atoms. The summed E-state index contributed by atoms with van der Waals surface area (Å²) in [6.45, 7) is 2.91. The summed E-state index contributed by atoms with van der Waals surface area (Å²) >= 11 is 6.53. The van der Waals surface area contributed by atoms with Gasteiger partial charge in [0, 0.05) is 13.1 Å². The van der Waals surface area contributed by atoms with E-state index in [1.165, 1.54) is 9.40 Å². The lowest BCUT2D eigenvalue weighted by Crippen LogP contribution is -2.17. The zero-order chi connectivity index (χ0) is 18.3. The van der Waals surface area contributed by atoms with E-state index in [4.69, 9.17) is 4.74 Å². The second kappa shape index (κ2) is 9.83. The van der Waals surface area contributed by atoms with Gasteiger partial charge in [0.25, 0.3) is 0 Å². The topological polar surface area (TPSA) is 59.1 Å². The van der Waals surface area contributed by atoms with Crippen LogP contribution in [0.4, 0.5) is 0 Å². The molecule has 5 nitrogen and oxygen atoms in total. The molecule has 27 heavy (non-hydrogen) atoms. The van der Waals surface area contributed by atoms with Gasteiger partial charge in [-0.15, -0.1) is 22.7 Å². The van der Waals surface area contributed by atoms with Crippen molar-refractivity contribution in [3.05, 3.63) is 48.5 Å². The van der Waals surface area contributed by atoms with Crippen molar-refractivity contribution < 1.29 is 4.74 Å². The van der Waals surface area contributed by atoms with Gasteiger partial charge in [0.1, 0.15) is 0 Å². The number of para-hydroxylation sites is 2. The standard InChI is InChI=1S/C18H18N4OS4/c1-3-7-15-13(5-1)21-17(24-15)26-19-9-11-23-12-10-20-27-18-22-14-6-2-4-8-16(14)25-18/h1-8,19-20H,9-12H2. The first-order valence-electron chi connectivity index (χ1n) is 8.47. The number of benzene rings is 2. The van der Waals surface area contributed by atoms with Gasteiger partial charge in [-0.05, 0) is 48.2 Å². The third kappa shape index (κ3) is 5.41. The summed E-state index contributed by atoms with van der Waals surface area (Å²) in [6, 6.07) is 16.4. The smallest absolute Gasteiger partial charge is 0.166 e. The van der Waals surface area contributed by atoms with Crippen LogP contribution < -0.4 is 9.44 Å². The molecule has 2 N–H and O–H groups in total. The second-order valence-corrected chi connectivity index (χ2v) is 9.84. The van der Waals surface area contributed by atoms with E-state index < -0.39 is 0 Å². The van der Waals surface area contributed by atoms with E-state index in [2.05, 4.69) is 31.5 Å². The largest absolute Gasteiger partial charge is 0.379 e. The molecule has 2 heterocycles. The Morgan fingerprint density at radius 2 is 1.22 bits per heavy atom. The fourth-order valence-corrected chi connectivity index (χ4v) is 5.87. The summed E-state index contributed by atoms with van der Waals surface area (Å²) in [6.07, 6.45) is 0. The molecule has 0 saturated carbocycles. The number of rotatable bonds is 10. The number of hydrogen-bond donors (Lipinski definition) is 2. The molecule has 0 amide bonds. The molecule has 2 aromatic heterocycles. The Hall–Kier alpha value is -1.20. The lowest BCUT2D eigenvalue weighted by Gasteiger charge is -2.05. The lowest BCUT2D eigenvalue weighted by atomic mass is 10.3. The Morgan fingerprint density at radius 1 is 0.741 bits per heavy atom. The normalized spacial score (nSPS) is 11.6. The van der Waals surface area contributed by atoms with Crippen molar-refractivity contribution in [3.63, 3.8) is 0 Å². The highest BCUT2D eigenvalue weighted by Gasteiger charge is 2.04. The van der Waals surface area contributed by atoms with Crippen LogP contribution in [0.5, 0.6) is 0 Å². The van der Waals surface area contributed by atoms with Crippen molar-refractivity contribution in [2.75, 3.05) is 26.3 Å². The Labute approximate surface area is 174 Å². The molecule has 0 radical (unpaired) electrons. The van der Waals surface area contributed by atoms with Gasteiger partial charge in [-0.1, -0.05) is 24.3 Å². The molecule has 0 unspecified atom stereocenters. The first-order valence-corrected chi connectivity index (χ1v) is 11.7. The molecule has 0 aliphatic carbocycles. The minimum absolute atomic E-state index is 0.672. The predicted octanol–water partition coefficient (Wildman–Crippen LogP) is 4.82. The Bertz CT molecular complexity index is 857. The number of fused-ring (bicyclic) bond motifs is 2. The van der Waals surface area contributed by atoms with Crippen LogP contribution in [0.15, 0.2) is 57.2 Å². The molecule has 4 aromatic rings. The first kappa shape index (κ1) is 19.1. The summed E-state index contributed by atoms with van der Waals surface area (Å²) in [5.74, 6) is 0. The molecular formula is C18H18N4OS4. The van der Waals surface area contributed by atoms with Crippen molar-refractivity contribution in [3.8, 4) is 0 Å². The molecule has 0 atom stereocenters. The molecule has 0 aliphatic heterocycles. The molecule has 0 fully saturated rings. The maximum atomic E-state index is 5.64. The van der Waals surface area contributed by atoms with Gasteiger partial charge in [0.2, 0.25) is 0 Å². The number of ether oxygens (including phenoxy) is 1. The quantitative estimate of drug-likeness (QED) is 0.274. The fraction of sp³-hybridized carbons (Fsp3) is 0.222. The minimum atomic E-state index is 0.672. The van der Waals surface area contributed by atoms with Crippen LogP contribution in [0.3, 0.4) is 0 Å². The molecule has 0 saturated heterocycles. The van der Waals surface area contributed by atoms with E-state index >= 15 is 0 Å². The van der Waals surface area contributed by atoms with Gasteiger partial charge in [-0.3, -0.25) is 9.44 Å². The van der Waals surface area contributed by atoms with E-state index in [1.807, 2.05) is 36.4 Å². The van der Waals surface area contributed by atoms with Crippen LogP contribution >= 0.6 is 46.6 Å². The van der Waals surface area contributed by atoms with Gasteiger partial charge in [-0.25, -0.2) is 9.97 Å². The SMILES string of the molecule is c1ccc2sc(SNCCOCCNSc3nc4ccccc4s3)nc2c1. The fourth-order valence-electron chi connectivity index (χ4n) is 2.34. The molecule has 0 bridgehead atoms. The number of hydrogen-bond acceptors (Lipinski definition) is 9. The number of nitrogens with one attached hydrogen (secondary N) is 2. The van der Waals surface area contributed by atoms with Gasteiger partial charge in [0.15, 0.2) is 8.68 Å². The van der Waals surface area contributed by atoms with Crippen LogP contribution in [0.2, 0.25) is 0 Å². The minimum Gasteiger partial charge on any atom is -0.379 e. The van der Waals surface area contributed by atoms with E-state index in [0.717, 1.165) is 32.8 Å². The molecular weight excluding hydrogens is 416 g/mol. The molecule has 2 aromatic carbocycles. The zero-order valence-electron chi connectivity index (χ0n) is 14.4. The maximum Gasteiger partial charge on any atom is 0.166 e. The maximum absolute atomic E-state index is 5.64. The predicted molar refractivity (Wildman–Crippen MR) is 118 cm³/mol. The summed E-state index contributed by atoms with van der Waals surface area (Å²) in [4.78, 5) is 9.15. The molecule has 9 heteroatoms. The Balaban J connectivity index is 1.06. The van der Waals surface area contributed by atoms with Crippen LogP contribution in [-0.4, -0.2) is 36.3 Å². The Kier molecular flexibility index (Phi) is 6.97. The highest BCUT2D eigenvalue weighted by atomic mass is 32.2. The van der Waals surface area contributed by atoms with Gasteiger partial charge in [-0.2, -0.15) is 0 Å². The highest BCUT2D eigenvalue weighted by Crippen LogP contribution is 2.28. The average molecular weight is 435 g/mol.